The monoisotopic (exact) mass is 423 g/mol. The van der Waals surface area contributed by atoms with E-state index in [1.54, 1.807) is 18.3 Å². The number of nitrogens with one attached hydrogen (secondary N) is 1. The molecule has 3 aromatic heterocycles. The summed E-state index contributed by atoms with van der Waals surface area (Å²) in [6, 6.07) is 4.82. The SMILES string of the molecule is NC(=O)c1cnn2cccc2c1N[C@@H]1CCN(c2ccc(C(F)(F)F)nn2)C[C@@H]1F. The smallest absolute Gasteiger partial charge is 0.377 e. The molecule has 1 fully saturated rings. The molecule has 0 bridgehead atoms. The highest BCUT2D eigenvalue weighted by Gasteiger charge is 2.34. The average molecular weight is 423 g/mol. The molecule has 1 saturated heterocycles. The summed E-state index contributed by atoms with van der Waals surface area (Å²) in [6.45, 7) is 0.248. The van der Waals surface area contributed by atoms with Gasteiger partial charge >= 0.3 is 6.18 Å². The number of piperidine rings is 1. The van der Waals surface area contributed by atoms with Crippen LogP contribution in [0.5, 0.6) is 0 Å². The topological polar surface area (TPSA) is 101 Å². The van der Waals surface area contributed by atoms with Crippen LogP contribution in [0.4, 0.5) is 29.1 Å². The lowest BCUT2D eigenvalue weighted by atomic mass is 10.0. The Morgan fingerprint density at radius 1 is 1.23 bits per heavy atom. The molecule has 8 nitrogen and oxygen atoms in total. The number of nitrogens with zero attached hydrogens (tertiary/aromatic N) is 5. The number of amides is 1. The number of rotatable bonds is 4. The van der Waals surface area contributed by atoms with Crippen molar-refractivity contribution in [1.29, 1.82) is 0 Å². The maximum Gasteiger partial charge on any atom is 0.435 e. The lowest BCUT2D eigenvalue weighted by molar-refractivity contribution is -0.141. The Balaban J connectivity index is 1.51. The van der Waals surface area contributed by atoms with Crippen molar-refractivity contribution >= 4 is 22.9 Å². The summed E-state index contributed by atoms with van der Waals surface area (Å²) >= 11 is 0. The summed E-state index contributed by atoms with van der Waals surface area (Å²) in [4.78, 5) is 13.3. The van der Waals surface area contributed by atoms with Gasteiger partial charge in [-0.05, 0) is 30.7 Å². The number of hydrogen-bond donors (Lipinski definition) is 2. The third kappa shape index (κ3) is 3.72. The fourth-order valence-corrected chi connectivity index (χ4v) is 3.44. The summed E-state index contributed by atoms with van der Waals surface area (Å²) < 4.78 is 54.4. The first-order valence-corrected chi connectivity index (χ1v) is 9.06. The molecule has 12 heteroatoms. The second-order valence-electron chi connectivity index (χ2n) is 6.91. The van der Waals surface area contributed by atoms with Crippen molar-refractivity contribution in [3.05, 3.63) is 47.9 Å². The van der Waals surface area contributed by atoms with E-state index in [4.69, 9.17) is 5.73 Å². The van der Waals surface area contributed by atoms with Gasteiger partial charge in [0.2, 0.25) is 0 Å². The lowest BCUT2D eigenvalue weighted by Crippen LogP contribution is -2.48. The fraction of sp³-hybridized carbons (Fsp3) is 0.333. The van der Waals surface area contributed by atoms with E-state index in [1.165, 1.54) is 21.7 Å². The molecule has 2 atom stereocenters. The van der Waals surface area contributed by atoms with Crippen LogP contribution in [-0.4, -0.2) is 51.0 Å². The molecular formula is C18H17F4N7O. The first-order valence-electron chi connectivity index (χ1n) is 9.06. The van der Waals surface area contributed by atoms with Crippen molar-refractivity contribution in [2.75, 3.05) is 23.3 Å². The van der Waals surface area contributed by atoms with E-state index in [0.717, 1.165) is 6.07 Å². The third-order valence-electron chi connectivity index (χ3n) is 4.97. The van der Waals surface area contributed by atoms with Crippen LogP contribution in [0.1, 0.15) is 22.5 Å². The minimum Gasteiger partial charge on any atom is -0.377 e. The van der Waals surface area contributed by atoms with E-state index in [-0.39, 0.29) is 17.9 Å². The lowest BCUT2D eigenvalue weighted by Gasteiger charge is -2.36. The van der Waals surface area contributed by atoms with Crippen molar-refractivity contribution in [3.8, 4) is 0 Å². The van der Waals surface area contributed by atoms with Gasteiger partial charge in [0.15, 0.2) is 11.5 Å². The van der Waals surface area contributed by atoms with Gasteiger partial charge in [-0.3, -0.25) is 4.79 Å². The summed E-state index contributed by atoms with van der Waals surface area (Å²) in [5.41, 5.74) is 5.43. The van der Waals surface area contributed by atoms with Crippen LogP contribution in [0.15, 0.2) is 36.7 Å². The van der Waals surface area contributed by atoms with E-state index in [0.29, 0.717) is 24.2 Å². The van der Waals surface area contributed by atoms with Gasteiger partial charge in [0.05, 0.1) is 35.6 Å². The average Bonchev–Trinajstić information content (AvgIpc) is 3.18. The van der Waals surface area contributed by atoms with Gasteiger partial charge in [-0.1, -0.05) is 0 Å². The van der Waals surface area contributed by atoms with E-state index in [9.17, 15) is 22.4 Å². The molecule has 1 aliphatic heterocycles. The molecule has 0 unspecified atom stereocenters. The Bertz CT molecular complexity index is 1070. The molecule has 3 aromatic rings. The molecule has 0 spiro atoms. The number of anilines is 2. The summed E-state index contributed by atoms with van der Waals surface area (Å²) in [5.74, 6) is -0.526. The maximum atomic E-state index is 14.9. The van der Waals surface area contributed by atoms with E-state index in [2.05, 4.69) is 20.6 Å². The minimum atomic E-state index is -4.59. The molecule has 0 aromatic carbocycles. The van der Waals surface area contributed by atoms with E-state index >= 15 is 0 Å². The van der Waals surface area contributed by atoms with Crippen LogP contribution < -0.4 is 16.0 Å². The molecule has 0 saturated carbocycles. The number of nitrogens with two attached hydrogens (primary N) is 1. The van der Waals surface area contributed by atoms with E-state index < -0.39 is 30.0 Å². The zero-order valence-corrected chi connectivity index (χ0v) is 15.5. The van der Waals surface area contributed by atoms with Crippen molar-refractivity contribution < 1.29 is 22.4 Å². The largest absolute Gasteiger partial charge is 0.435 e. The van der Waals surface area contributed by atoms with Crippen LogP contribution >= 0.6 is 0 Å². The molecule has 158 valence electrons. The van der Waals surface area contributed by atoms with Crippen LogP contribution in [0, 0.1) is 0 Å². The van der Waals surface area contributed by atoms with Gasteiger partial charge in [-0.25, -0.2) is 8.91 Å². The molecule has 0 radical (unpaired) electrons. The molecule has 4 heterocycles. The van der Waals surface area contributed by atoms with Gasteiger partial charge in [0, 0.05) is 12.7 Å². The van der Waals surface area contributed by atoms with Crippen LogP contribution in [0.2, 0.25) is 0 Å². The molecule has 1 amide bonds. The number of halogens is 4. The normalized spacial score (nSPS) is 19.8. The van der Waals surface area contributed by atoms with Crippen molar-refractivity contribution in [2.45, 2.75) is 24.8 Å². The predicted molar refractivity (Wildman–Crippen MR) is 99.9 cm³/mol. The Labute approximate surface area is 167 Å². The highest BCUT2D eigenvalue weighted by molar-refractivity contribution is 6.01. The number of alkyl halides is 4. The predicted octanol–water partition coefficient (Wildman–Crippen LogP) is 2.27. The van der Waals surface area contributed by atoms with Crippen molar-refractivity contribution in [2.24, 2.45) is 5.73 Å². The van der Waals surface area contributed by atoms with Gasteiger partial charge < -0.3 is 16.0 Å². The van der Waals surface area contributed by atoms with Crippen LogP contribution in [0.3, 0.4) is 0 Å². The van der Waals surface area contributed by atoms with E-state index in [1.807, 2.05) is 0 Å². The molecule has 4 rings (SSSR count). The third-order valence-corrected chi connectivity index (χ3v) is 4.97. The van der Waals surface area contributed by atoms with Crippen LogP contribution in [0.25, 0.3) is 5.52 Å². The number of primary amides is 1. The standard InChI is InChI=1S/C18H17F4N7O/c19-11-9-28(15-4-3-14(26-27-15)18(20,21)22)7-5-12(11)25-16-10(17(23)30)8-24-29-6-1-2-13(16)29/h1-4,6,8,11-12,25H,5,7,9H2,(H2,23,30)/t11-,12+/m0/s1. The Kier molecular flexibility index (Phi) is 4.92. The first-order chi connectivity index (χ1) is 14.2. The van der Waals surface area contributed by atoms with Gasteiger partial charge in [-0.2, -0.15) is 18.3 Å². The first kappa shape index (κ1) is 19.9. The van der Waals surface area contributed by atoms with Gasteiger partial charge in [0.1, 0.15) is 6.17 Å². The molecule has 30 heavy (non-hydrogen) atoms. The zero-order chi connectivity index (χ0) is 21.5. The number of aromatic nitrogens is 4. The number of fused-ring (bicyclic) bond motifs is 1. The molecule has 0 aliphatic carbocycles. The number of carbonyl (C=O) groups is 1. The zero-order valence-electron chi connectivity index (χ0n) is 15.5. The summed E-state index contributed by atoms with van der Waals surface area (Å²) in [5, 5.41) is 13.9. The second-order valence-corrected chi connectivity index (χ2v) is 6.91. The quantitative estimate of drug-likeness (QED) is 0.625. The fourth-order valence-electron chi connectivity index (χ4n) is 3.44. The summed E-state index contributed by atoms with van der Waals surface area (Å²) in [6.07, 6.45) is -2.65. The van der Waals surface area contributed by atoms with Crippen LogP contribution in [-0.2, 0) is 6.18 Å². The second kappa shape index (κ2) is 7.43. The maximum absolute atomic E-state index is 14.9. The Hall–Kier alpha value is -3.44. The molecule has 3 N–H and O–H groups in total. The summed E-state index contributed by atoms with van der Waals surface area (Å²) in [7, 11) is 0. The van der Waals surface area contributed by atoms with Gasteiger partial charge in [0.25, 0.3) is 5.91 Å². The Morgan fingerprint density at radius 2 is 2.03 bits per heavy atom. The highest BCUT2D eigenvalue weighted by atomic mass is 19.4. The van der Waals surface area contributed by atoms with Gasteiger partial charge in [-0.15, -0.1) is 10.2 Å². The molecule has 1 aliphatic rings. The number of hydrogen-bond acceptors (Lipinski definition) is 6. The highest BCUT2D eigenvalue weighted by Crippen LogP contribution is 2.29. The number of carbonyl (C=O) groups excluding carboxylic acids is 1. The minimum absolute atomic E-state index is 0.0913. The Morgan fingerprint density at radius 3 is 2.67 bits per heavy atom. The van der Waals surface area contributed by atoms with Crippen molar-refractivity contribution in [1.82, 2.24) is 19.8 Å². The molecular weight excluding hydrogens is 406 g/mol. The van der Waals surface area contributed by atoms with Crippen molar-refractivity contribution in [3.63, 3.8) is 0 Å².